The van der Waals surface area contributed by atoms with Crippen molar-refractivity contribution in [2.24, 2.45) is 0 Å². The summed E-state index contributed by atoms with van der Waals surface area (Å²) in [5.41, 5.74) is -5.80. The van der Waals surface area contributed by atoms with Crippen molar-refractivity contribution in [2.45, 2.75) is 25.1 Å². The van der Waals surface area contributed by atoms with Crippen LogP contribution in [0.15, 0.2) is 42.6 Å². The van der Waals surface area contributed by atoms with Gasteiger partial charge in [-0.1, -0.05) is 23.2 Å². The molecule has 0 aliphatic carbocycles. The number of hydrogen-bond acceptors (Lipinski definition) is 3. The van der Waals surface area contributed by atoms with Gasteiger partial charge in [-0.15, -0.1) is 0 Å². The van der Waals surface area contributed by atoms with Crippen LogP contribution in [0.3, 0.4) is 0 Å². The number of halogens is 11. The highest BCUT2D eigenvalue weighted by atomic mass is 35.5. The number of hydrogen-bond donors (Lipinski definition) is 1. The highest BCUT2D eigenvalue weighted by molar-refractivity contribution is 6.34. The average molecular weight is 566 g/mol. The van der Waals surface area contributed by atoms with E-state index in [0.29, 0.717) is 23.0 Å². The van der Waals surface area contributed by atoms with E-state index in [0.717, 1.165) is 6.07 Å². The standard InChI is InChI=1S/C20H10Cl2F9N3O2/c21-12-1-2-13(22)14(6-12)34-16(20(29,30)31)15(8-33-34)36-17(35)32-7-9-3-10(18(23,24)25)5-11(4-9)19(26,27)28/h1-6,8H,7H2,(H,32,35). The summed E-state index contributed by atoms with van der Waals surface area (Å²) in [6, 6.07) is 4.12. The number of ether oxygens (including phenoxy) is 1. The summed E-state index contributed by atoms with van der Waals surface area (Å²) in [6.07, 6.45) is -16.5. The number of nitrogens with one attached hydrogen (secondary N) is 1. The van der Waals surface area contributed by atoms with Crippen LogP contribution >= 0.6 is 23.2 Å². The van der Waals surface area contributed by atoms with Gasteiger partial charge in [0, 0.05) is 11.6 Å². The molecule has 0 aliphatic rings. The zero-order valence-electron chi connectivity index (χ0n) is 17.1. The molecular weight excluding hydrogens is 556 g/mol. The minimum absolute atomic E-state index is 0.0116. The number of rotatable bonds is 4. The number of amides is 1. The molecule has 3 aromatic rings. The molecule has 1 aromatic heterocycles. The number of carbonyl (C=O) groups excluding carboxylic acids is 1. The van der Waals surface area contributed by atoms with E-state index in [1.54, 1.807) is 5.32 Å². The van der Waals surface area contributed by atoms with Crippen molar-refractivity contribution in [1.82, 2.24) is 15.1 Å². The van der Waals surface area contributed by atoms with Crippen LogP contribution in [0.25, 0.3) is 5.69 Å². The third kappa shape index (κ3) is 6.35. The molecule has 0 saturated carbocycles. The van der Waals surface area contributed by atoms with E-state index >= 15 is 0 Å². The number of carbonyl (C=O) groups is 1. The number of nitrogens with zero attached hydrogens (tertiary/aromatic N) is 2. The van der Waals surface area contributed by atoms with Crippen molar-refractivity contribution >= 4 is 29.3 Å². The van der Waals surface area contributed by atoms with Crippen molar-refractivity contribution < 1.29 is 49.0 Å². The van der Waals surface area contributed by atoms with E-state index < -0.39 is 59.3 Å². The normalized spacial score (nSPS) is 12.5. The second-order valence-electron chi connectivity index (χ2n) is 7.02. The van der Waals surface area contributed by atoms with Crippen LogP contribution in [0.4, 0.5) is 44.3 Å². The largest absolute Gasteiger partial charge is 0.437 e. The monoisotopic (exact) mass is 565 g/mol. The maximum Gasteiger partial charge on any atom is 0.437 e. The fraction of sp³-hybridized carbons (Fsp3) is 0.200. The molecule has 0 aliphatic heterocycles. The van der Waals surface area contributed by atoms with Crippen LogP contribution in [0.1, 0.15) is 22.4 Å². The maximum atomic E-state index is 13.7. The quantitative estimate of drug-likeness (QED) is 0.333. The summed E-state index contributed by atoms with van der Waals surface area (Å²) in [6.45, 7) is -0.929. The Labute approximate surface area is 205 Å². The van der Waals surface area contributed by atoms with E-state index in [4.69, 9.17) is 23.2 Å². The van der Waals surface area contributed by atoms with E-state index in [9.17, 15) is 44.3 Å². The highest BCUT2D eigenvalue weighted by Gasteiger charge is 2.41. The third-order valence-electron chi connectivity index (χ3n) is 4.43. The third-order valence-corrected chi connectivity index (χ3v) is 4.98. The molecular formula is C20H10Cl2F9N3O2. The molecule has 2 aromatic carbocycles. The molecule has 1 amide bonds. The Hall–Kier alpha value is -3.13. The Morgan fingerprint density at radius 3 is 2.00 bits per heavy atom. The predicted molar refractivity (Wildman–Crippen MR) is 108 cm³/mol. The van der Waals surface area contributed by atoms with E-state index in [1.807, 2.05) is 0 Å². The van der Waals surface area contributed by atoms with Crippen molar-refractivity contribution in [3.05, 3.63) is 75.0 Å². The topological polar surface area (TPSA) is 56.1 Å². The molecule has 194 valence electrons. The van der Waals surface area contributed by atoms with Gasteiger partial charge >= 0.3 is 24.6 Å². The zero-order valence-corrected chi connectivity index (χ0v) is 18.6. The Morgan fingerprint density at radius 1 is 0.889 bits per heavy atom. The number of benzene rings is 2. The molecule has 0 fully saturated rings. The lowest BCUT2D eigenvalue weighted by Gasteiger charge is -2.15. The number of alkyl halides is 9. The second kappa shape index (κ2) is 9.73. The highest BCUT2D eigenvalue weighted by Crippen LogP contribution is 2.39. The van der Waals surface area contributed by atoms with Gasteiger partial charge in [-0.05, 0) is 42.0 Å². The fourth-order valence-electron chi connectivity index (χ4n) is 2.93. The SMILES string of the molecule is O=C(NCc1cc(C(F)(F)F)cc(C(F)(F)F)c1)Oc1cnn(-c2cc(Cl)ccc2Cl)c1C(F)(F)F. The summed E-state index contributed by atoms with van der Waals surface area (Å²) < 4.78 is 124. The van der Waals surface area contributed by atoms with Gasteiger partial charge in [0.25, 0.3) is 0 Å². The van der Waals surface area contributed by atoms with Crippen molar-refractivity contribution in [3.63, 3.8) is 0 Å². The van der Waals surface area contributed by atoms with Crippen LogP contribution in [-0.4, -0.2) is 15.9 Å². The lowest BCUT2D eigenvalue weighted by atomic mass is 10.0. The van der Waals surface area contributed by atoms with E-state index in [1.165, 1.54) is 12.1 Å². The van der Waals surface area contributed by atoms with Crippen LogP contribution in [0, 0.1) is 0 Å². The summed E-state index contributed by atoms with van der Waals surface area (Å²) in [7, 11) is 0. The van der Waals surface area contributed by atoms with Gasteiger partial charge < -0.3 is 10.1 Å². The lowest BCUT2D eigenvalue weighted by molar-refractivity contribution is -0.144. The maximum absolute atomic E-state index is 13.7. The molecule has 1 N–H and O–H groups in total. The molecule has 0 bridgehead atoms. The number of aromatic nitrogens is 2. The lowest BCUT2D eigenvalue weighted by Crippen LogP contribution is -2.27. The first-order valence-electron chi connectivity index (χ1n) is 9.31. The van der Waals surface area contributed by atoms with Crippen molar-refractivity contribution in [1.29, 1.82) is 0 Å². The van der Waals surface area contributed by atoms with Crippen molar-refractivity contribution in [3.8, 4) is 11.4 Å². The Balaban J connectivity index is 1.86. The minimum Gasteiger partial charge on any atom is -0.406 e. The minimum atomic E-state index is -5.14. The Kier molecular flexibility index (Phi) is 7.42. The molecule has 5 nitrogen and oxygen atoms in total. The van der Waals surface area contributed by atoms with Gasteiger partial charge in [-0.3, -0.25) is 0 Å². The fourth-order valence-corrected chi connectivity index (χ4v) is 3.29. The van der Waals surface area contributed by atoms with Crippen LogP contribution < -0.4 is 10.1 Å². The molecule has 0 spiro atoms. The molecule has 0 unspecified atom stereocenters. The zero-order chi connectivity index (χ0) is 27.1. The molecule has 0 atom stereocenters. The average Bonchev–Trinajstić information content (AvgIpc) is 3.16. The molecule has 0 saturated heterocycles. The summed E-state index contributed by atoms with van der Waals surface area (Å²) in [5, 5.41) is 5.13. The Morgan fingerprint density at radius 2 is 1.47 bits per heavy atom. The first-order valence-corrected chi connectivity index (χ1v) is 10.1. The van der Waals surface area contributed by atoms with Gasteiger partial charge in [-0.25, -0.2) is 9.48 Å². The molecule has 3 rings (SSSR count). The first kappa shape index (κ1) is 27.5. The molecule has 1 heterocycles. The molecule has 0 radical (unpaired) electrons. The van der Waals surface area contributed by atoms with Crippen LogP contribution in [-0.2, 0) is 25.1 Å². The van der Waals surface area contributed by atoms with Gasteiger partial charge in [0.15, 0.2) is 11.4 Å². The summed E-state index contributed by atoms with van der Waals surface area (Å²) in [4.78, 5) is 12.1. The van der Waals surface area contributed by atoms with Gasteiger partial charge in [0.1, 0.15) is 0 Å². The summed E-state index contributed by atoms with van der Waals surface area (Å²) in [5.74, 6) is -1.11. The van der Waals surface area contributed by atoms with Crippen LogP contribution in [0.5, 0.6) is 5.75 Å². The second-order valence-corrected chi connectivity index (χ2v) is 7.86. The van der Waals surface area contributed by atoms with Gasteiger partial charge in [0.2, 0.25) is 0 Å². The smallest absolute Gasteiger partial charge is 0.406 e. The van der Waals surface area contributed by atoms with Crippen LogP contribution in [0.2, 0.25) is 10.0 Å². The van der Waals surface area contributed by atoms with Crippen molar-refractivity contribution in [2.75, 3.05) is 0 Å². The van der Waals surface area contributed by atoms with Gasteiger partial charge in [-0.2, -0.15) is 44.6 Å². The Bertz CT molecular complexity index is 1250. The molecule has 16 heteroatoms. The predicted octanol–water partition coefficient (Wildman–Crippen LogP) is 7.52. The van der Waals surface area contributed by atoms with E-state index in [2.05, 4.69) is 9.84 Å². The summed E-state index contributed by atoms with van der Waals surface area (Å²) >= 11 is 11.7. The van der Waals surface area contributed by atoms with E-state index in [-0.39, 0.29) is 21.8 Å². The first-order chi connectivity index (χ1) is 16.5. The molecule has 36 heavy (non-hydrogen) atoms. The van der Waals surface area contributed by atoms with Gasteiger partial charge in [0.05, 0.1) is 28.0 Å².